The van der Waals surface area contributed by atoms with E-state index in [-0.39, 0.29) is 18.9 Å². The summed E-state index contributed by atoms with van der Waals surface area (Å²) in [7, 11) is 2.96. The summed E-state index contributed by atoms with van der Waals surface area (Å²) in [6.45, 7) is 3.36. The normalized spacial score (nSPS) is 18.4. The van der Waals surface area contributed by atoms with Crippen molar-refractivity contribution >= 4 is 17.8 Å². The third kappa shape index (κ3) is 6.09. The van der Waals surface area contributed by atoms with Crippen LogP contribution in [0.3, 0.4) is 0 Å². The van der Waals surface area contributed by atoms with Gasteiger partial charge in [-0.15, -0.1) is 0 Å². The minimum absolute atomic E-state index is 0.0462. The number of nitrogens with one attached hydrogen (secondary N) is 1. The Kier molecular flexibility index (Phi) is 8.06. The first-order valence-electron chi connectivity index (χ1n) is 10.1. The molecule has 10 heteroatoms. The Morgan fingerprint density at radius 1 is 1.22 bits per heavy atom. The fraction of sp³-hybridized carbons (Fsp3) is 0.500. The Bertz CT molecular complexity index is 897. The van der Waals surface area contributed by atoms with E-state index < -0.39 is 42.2 Å². The highest BCUT2D eigenvalue weighted by molar-refractivity contribution is 5.92. The maximum Gasteiger partial charge on any atom is 0.416 e. The lowest BCUT2D eigenvalue weighted by atomic mass is 10.0. The van der Waals surface area contributed by atoms with Crippen LogP contribution in [-0.2, 0) is 27.0 Å². The molecule has 2 atom stereocenters. The van der Waals surface area contributed by atoms with Crippen molar-refractivity contribution in [1.29, 1.82) is 0 Å². The van der Waals surface area contributed by atoms with Crippen molar-refractivity contribution < 1.29 is 32.7 Å². The van der Waals surface area contributed by atoms with Crippen LogP contribution in [0.2, 0.25) is 0 Å². The van der Waals surface area contributed by atoms with E-state index in [2.05, 4.69) is 5.32 Å². The molecule has 1 heterocycles. The number of halogens is 3. The summed E-state index contributed by atoms with van der Waals surface area (Å²) in [5.74, 6) is -2.13. The highest BCUT2D eigenvalue weighted by Crippen LogP contribution is 2.30. The van der Waals surface area contributed by atoms with Crippen LogP contribution in [0.25, 0.3) is 0 Å². The average molecular weight is 455 g/mol. The van der Waals surface area contributed by atoms with E-state index in [1.54, 1.807) is 7.05 Å². The fourth-order valence-corrected chi connectivity index (χ4v) is 3.64. The van der Waals surface area contributed by atoms with E-state index >= 15 is 0 Å². The number of hydrogen-bond acceptors (Lipinski definition) is 4. The molecule has 0 spiro atoms. The van der Waals surface area contributed by atoms with Crippen molar-refractivity contribution in [2.75, 3.05) is 27.2 Å². The van der Waals surface area contributed by atoms with Crippen LogP contribution >= 0.6 is 0 Å². The lowest BCUT2D eigenvalue weighted by Crippen LogP contribution is -2.55. The first kappa shape index (κ1) is 25.4. The molecule has 2 N–H and O–H groups in total. The number of aliphatic carboxylic acids is 1. The standard InChI is InChI=1S/C22H28F3N3O4/c1-13-9-17(26-3)20(31)28(11-14(13)2)18(21(32)27(4)12-19(29)30)10-15-5-7-16(8-6-15)22(23,24)25/h5-8,17-18,26H,9-12H2,1-4H3,(H,29,30)/t17-,18-/m0/s1. The molecule has 0 aliphatic carbocycles. The number of nitrogens with zero attached hydrogens (tertiary/aromatic N) is 2. The number of amides is 2. The average Bonchev–Trinajstić information content (AvgIpc) is 2.82. The molecule has 32 heavy (non-hydrogen) atoms. The minimum Gasteiger partial charge on any atom is -0.480 e. The van der Waals surface area contributed by atoms with E-state index in [1.807, 2.05) is 13.8 Å². The van der Waals surface area contributed by atoms with Gasteiger partial charge >= 0.3 is 12.1 Å². The maximum atomic E-state index is 13.2. The SMILES string of the molecule is CN[C@H]1CC(C)=C(C)CN([C@@H](Cc2ccc(C(F)(F)F)cc2)C(=O)N(C)CC(=O)O)C1=O. The Labute approximate surface area is 184 Å². The molecule has 0 unspecified atom stereocenters. The predicted octanol–water partition coefficient (Wildman–Crippen LogP) is 2.32. The van der Waals surface area contributed by atoms with E-state index in [4.69, 9.17) is 5.11 Å². The molecule has 0 saturated carbocycles. The van der Waals surface area contributed by atoms with Crippen LogP contribution in [0.15, 0.2) is 35.4 Å². The number of hydrogen-bond donors (Lipinski definition) is 2. The van der Waals surface area contributed by atoms with Gasteiger partial charge in [-0.3, -0.25) is 14.4 Å². The van der Waals surface area contributed by atoms with Crippen molar-refractivity contribution in [2.45, 2.75) is 44.9 Å². The van der Waals surface area contributed by atoms with Crippen molar-refractivity contribution in [3.05, 3.63) is 46.5 Å². The zero-order valence-corrected chi connectivity index (χ0v) is 18.5. The number of carbonyl (C=O) groups excluding carboxylic acids is 2. The van der Waals surface area contributed by atoms with Gasteiger partial charge in [0.2, 0.25) is 11.8 Å². The molecule has 0 fully saturated rings. The smallest absolute Gasteiger partial charge is 0.416 e. The molecule has 176 valence electrons. The van der Waals surface area contributed by atoms with E-state index in [9.17, 15) is 27.6 Å². The summed E-state index contributed by atoms with van der Waals surface area (Å²) in [5.41, 5.74) is 1.51. The number of alkyl halides is 3. The van der Waals surface area contributed by atoms with Crippen LogP contribution in [0.4, 0.5) is 13.2 Å². The number of carboxylic acids is 1. The van der Waals surface area contributed by atoms with Crippen LogP contribution < -0.4 is 5.32 Å². The number of rotatable bonds is 7. The molecule has 1 aliphatic rings. The van der Waals surface area contributed by atoms with Gasteiger partial charge in [-0.05, 0) is 45.0 Å². The second-order valence-electron chi connectivity index (χ2n) is 8.07. The third-order valence-corrected chi connectivity index (χ3v) is 5.70. The minimum atomic E-state index is -4.49. The zero-order chi connectivity index (χ0) is 24.2. The van der Waals surface area contributed by atoms with Gasteiger partial charge < -0.3 is 20.2 Å². The largest absolute Gasteiger partial charge is 0.480 e. The molecule has 1 aromatic carbocycles. The van der Waals surface area contributed by atoms with Gasteiger partial charge in [-0.25, -0.2) is 0 Å². The first-order valence-corrected chi connectivity index (χ1v) is 10.1. The van der Waals surface area contributed by atoms with Crippen molar-refractivity contribution in [1.82, 2.24) is 15.1 Å². The Morgan fingerprint density at radius 2 is 1.81 bits per heavy atom. The van der Waals surface area contributed by atoms with Gasteiger partial charge in [0, 0.05) is 20.0 Å². The van der Waals surface area contributed by atoms with Crippen LogP contribution in [0, 0.1) is 0 Å². The first-order chi connectivity index (χ1) is 14.8. The molecule has 0 radical (unpaired) electrons. The molecule has 2 amide bonds. The van der Waals surface area contributed by atoms with Crippen molar-refractivity contribution in [3.63, 3.8) is 0 Å². The summed E-state index contributed by atoms with van der Waals surface area (Å²) in [6.07, 6.45) is -4.07. The molecule has 0 bridgehead atoms. The third-order valence-electron chi connectivity index (χ3n) is 5.70. The number of likely N-dealkylation sites (N-methyl/N-ethyl adjacent to an activating group) is 2. The van der Waals surface area contributed by atoms with Crippen molar-refractivity contribution in [2.24, 2.45) is 0 Å². The zero-order valence-electron chi connectivity index (χ0n) is 18.5. The van der Waals surface area contributed by atoms with Gasteiger partial charge in [0.25, 0.3) is 0 Å². The summed E-state index contributed by atoms with van der Waals surface area (Å²) >= 11 is 0. The van der Waals surface area contributed by atoms with E-state index in [1.165, 1.54) is 24.1 Å². The number of carboxylic acid groups (broad SMARTS) is 1. The molecular weight excluding hydrogens is 427 g/mol. The highest BCUT2D eigenvalue weighted by Gasteiger charge is 2.37. The second kappa shape index (κ2) is 10.2. The molecule has 0 aromatic heterocycles. The molecule has 0 saturated heterocycles. The van der Waals surface area contributed by atoms with Crippen LogP contribution in [-0.4, -0.2) is 72.0 Å². The number of carbonyl (C=O) groups is 3. The lowest BCUT2D eigenvalue weighted by Gasteiger charge is -2.34. The van der Waals surface area contributed by atoms with E-state index in [0.717, 1.165) is 28.2 Å². The van der Waals surface area contributed by atoms with E-state index in [0.29, 0.717) is 12.0 Å². The highest BCUT2D eigenvalue weighted by atomic mass is 19.4. The van der Waals surface area contributed by atoms with Crippen LogP contribution in [0.1, 0.15) is 31.4 Å². The van der Waals surface area contributed by atoms with Gasteiger partial charge in [0.1, 0.15) is 12.6 Å². The Morgan fingerprint density at radius 3 is 2.31 bits per heavy atom. The molecule has 7 nitrogen and oxygen atoms in total. The quantitative estimate of drug-likeness (QED) is 0.616. The van der Waals surface area contributed by atoms with Crippen molar-refractivity contribution in [3.8, 4) is 0 Å². The lowest BCUT2D eigenvalue weighted by molar-refractivity contribution is -0.149. The Balaban J connectivity index is 2.44. The van der Waals surface area contributed by atoms with Gasteiger partial charge in [0.05, 0.1) is 11.6 Å². The summed E-state index contributed by atoms with van der Waals surface area (Å²) in [6, 6.07) is 2.75. The summed E-state index contributed by atoms with van der Waals surface area (Å²) < 4.78 is 38.7. The monoisotopic (exact) mass is 455 g/mol. The fourth-order valence-electron chi connectivity index (χ4n) is 3.64. The molecule has 2 rings (SSSR count). The molecule has 1 aromatic rings. The number of benzene rings is 1. The Hall–Kier alpha value is -2.88. The summed E-state index contributed by atoms with van der Waals surface area (Å²) in [5, 5.41) is 12.0. The topological polar surface area (TPSA) is 90.0 Å². The van der Waals surface area contributed by atoms with Gasteiger partial charge in [-0.2, -0.15) is 13.2 Å². The van der Waals surface area contributed by atoms with Gasteiger partial charge in [0.15, 0.2) is 0 Å². The predicted molar refractivity (Wildman–Crippen MR) is 112 cm³/mol. The maximum absolute atomic E-state index is 13.2. The van der Waals surface area contributed by atoms with Gasteiger partial charge in [-0.1, -0.05) is 23.3 Å². The molecular formula is C22H28F3N3O4. The molecule has 1 aliphatic heterocycles. The van der Waals surface area contributed by atoms with Crippen LogP contribution in [0.5, 0.6) is 0 Å². The second-order valence-corrected chi connectivity index (χ2v) is 8.07. The summed E-state index contributed by atoms with van der Waals surface area (Å²) in [4.78, 5) is 40.0.